The van der Waals surface area contributed by atoms with Gasteiger partial charge in [0.05, 0.1) is 24.4 Å². The minimum absolute atomic E-state index is 0.162. The van der Waals surface area contributed by atoms with E-state index in [4.69, 9.17) is 15.9 Å². The number of pyridine rings is 1. The summed E-state index contributed by atoms with van der Waals surface area (Å²) >= 11 is 0. The predicted molar refractivity (Wildman–Crippen MR) is 80.2 cm³/mol. The van der Waals surface area contributed by atoms with Crippen LogP contribution in [0.2, 0.25) is 0 Å². The highest BCUT2D eigenvalue weighted by atomic mass is 16.5. The van der Waals surface area contributed by atoms with Gasteiger partial charge >= 0.3 is 0 Å². The summed E-state index contributed by atoms with van der Waals surface area (Å²) in [7, 11) is 1.59. The molecular formula is C16H13N3O2. The number of fused-ring (bicyclic) bond motifs is 1. The van der Waals surface area contributed by atoms with Gasteiger partial charge in [-0.05, 0) is 18.2 Å². The molecule has 1 N–H and O–H groups in total. The fraction of sp³-hybridized carbons (Fsp3) is 0.125. The lowest BCUT2D eigenvalue weighted by molar-refractivity contribution is 0.332. The number of ether oxygens (including phenoxy) is 2. The fourth-order valence-electron chi connectivity index (χ4n) is 2.11. The number of hydrogen-bond donors (Lipinski definition) is 1. The Morgan fingerprint density at radius 3 is 3.00 bits per heavy atom. The minimum atomic E-state index is 0.162. The van der Waals surface area contributed by atoms with Gasteiger partial charge in [-0.2, -0.15) is 0 Å². The standard InChI is InChI=1S/C16H13N3O2/c1-3-9-21-15-11(5-4-6-14(15)20-2)16-18-12-7-8-17-10-13(12)19-16/h1,4-8,10H,9H2,2H3,(H,18,19). The summed E-state index contributed by atoms with van der Waals surface area (Å²) in [6, 6.07) is 7.47. The van der Waals surface area contributed by atoms with E-state index in [1.54, 1.807) is 19.5 Å². The molecule has 0 spiro atoms. The maximum Gasteiger partial charge on any atom is 0.173 e. The number of benzene rings is 1. The molecule has 2 aromatic heterocycles. The van der Waals surface area contributed by atoms with Crippen molar-refractivity contribution in [1.29, 1.82) is 0 Å². The van der Waals surface area contributed by atoms with E-state index in [1.165, 1.54) is 0 Å². The summed E-state index contributed by atoms with van der Waals surface area (Å²) < 4.78 is 11.0. The first-order valence-electron chi connectivity index (χ1n) is 6.37. The van der Waals surface area contributed by atoms with E-state index >= 15 is 0 Å². The quantitative estimate of drug-likeness (QED) is 0.746. The number of aromatic amines is 1. The van der Waals surface area contributed by atoms with Crippen LogP contribution in [0.5, 0.6) is 11.5 Å². The van der Waals surface area contributed by atoms with Crippen molar-refractivity contribution in [2.24, 2.45) is 0 Å². The number of hydrogen-bond acceptors (Lipinski definition) is 4. The zero-order chi connectivity index (χ0) is 14.7. The number of imidazole rings is 1. The molecule has 3 aromatic rings. The van der Waals surface area contributed by atoms with Crippen LogP contribution in [0.25, 0.3) is 22.4 Å². The summed E-state index contributed by atoms with van der Waals surface area (Å²) in [6.07, 6.45) is 8.69. The number of nitrogens with one attached hydrogen (secondary N) is 1. The molecule has 1 aromatic carbocycles. The molecule has 0 atom stereocenters. The van der Waals surface area contributed by atoms with E-state index in [9.17, 15) is 0 Å². The molecule has 0 amide bonds. The zero-order valence-electron chi connectivity index (χ0n) is 11.5. The zero-order valence-corrected chi connectivity index (χ0v) is 11.5. The van der Waals surface area contributed by atoms with Crippen molar-refractivity contribution >= 4 is 11.0 Å². The van der Waals surface area contributed by atoms with Gasteiger partial charge < -0.3 is 14.5 Å². The summed E-state index contributed by atoms with van der Waals surface area (Å²) in [4.78, 5) is 11.8. The van der Waals surface area contributed by atoms with Crippen molar-refractivity contribution in [3.05, 3.63) is 36.7 Å². The highest BCUT2D eigenvalue weighted by Crippen LogP contribution is 2.37. The van der Waals surface area contributed by atoms with Crippen LogP contribution in [0.1, 0.15) is 0 Å². The van der Waals surface area contributed by atoms with E-state index < -0.39 is 0 Å². The Kier molecular flexibility index (Phi) is 3.44. The van der Waals surface area contributed by atoms with Crippen molar-refractivity contribution < 1.29 is 9.47 Å². The van der Waals surface area contributed by atoms with Crippen molar-refractivity contribution in [1.82, 2.24) is 15.0 Å². The highest BCUT2D eigenvalue weighted by molar-refractivity contribution is 5.80. The monoisotopic (exact) mass is 279 g/mol. The van der Waals surface area contributed by atoms with E-state index in [0.29, 0.717) is 17.3 Å². The second kappa shape index (κ2) is 5.55. The third-order valence-corrected chi connectivity index (χ3v) is 3.04. The Hall–Kier alpha value is -3.00. The van der Waals surface area contributed by atoms with Gasteiger partial charge in [0.25, 0.3) is 0 Å². The van der Waals surface area contributed by atoms with Gasteiger partial charge in [0.15, 0.2) is 11.5 Å². The first-order chi connectivity index (χ1) is 10.3. The largest absolute Gasteiger partial charge is 0.493 e. The number of para-hydroxylation sites is 1. The van der Waals surface area contributed by atoms with Crippen molar-refractivity contribution in [2.75, 3.05) is 13.7 Å². The summed E-state index contributed by atoms with van der Waals surface area (Å²) in [6.45, 7) is 0.162. The predicted octanol–water partition coefficient (Wildman–Crippen LogP) is 2.65. The number of H-pyrrole nitrogens is 1. The third kappa shape index (κ3) is 2.39. The van der Waals surface area contributed by atoms with Gasteiger partial charge in [-0.3, -0.25) is 4.98 Å². The number of aromatic nitrogens is 3. The minimum Gasteiger partial charge on any atom is -0.493 e. The molecule has 0 aliphatic carbocycles. The van der Waals surface area contributed by atoms with Crippen LogP contribution in [-0.4, -0.2) is 28.7 Å². The topological polar surface area (TPSA) is 60.0 Å². The molecule has 5 heteroatoms. The highest BCUT2D eigenvalue weighted by Gasteiger charge is 2.15. The Labute approximate surface area is 122 Å². The van der Waals surface area contributed by atoms with Gasteiger partial charge in [0.1, 0.15) is 17.9 Å². The lowest BCUT2D eigenvalue weighted by atomic mass is 10.1. The SMILES string of the molecule is C#CCOc1c(OC)cccc1-c1nc2cnccc2[nH]1. The molecule has 3 rings (SSSR count). The third-order valence-electron chi connectivity index (χ3n) is 3.04. The van der Waals surface area contributed by atoms with Gasteiger partial charge in [0, 0.05) is 6.20 Å². The number of rotatable bonds is 4. The smallest absolute Gasteiger partial charge is 0.173 e. The van der Waals surface area contributed by atoms with Crippen LogP contribution in [0.15, 0.2) is 36.7 Å². The van der Waals surface area contributed by atoms with E-state index in [0.717, 1.165) is 16.6 Å². The van der Waals surface area contributed by atoms with Crippen LogP contribution >= 0.6 is 0 Å². The van der Waals surface area contributed by atoms with Crippen molar-refractivity contribution in [3.63, 3.8) is 0 Å². The first-order valence-corrected chi connectivity index (χ1v) is 6.37. The molecule has 104 valence electrons. The summed E-state index contributed by atoms with van der Waals surface area (Å²) in [5.41, 5.74) is 2.49. The van der Waals surface area contributed by atoms with E-state index in [-0.39, 0.29) is 6.61 Å². The molecule has 0 aliphatic heterocycles. The van der Waals surface area contributed by atoms with Crippen molar-refractivity contribution in [2.45, 2.75) is 0 Å². The molecule has 0 fully saturated rings. The van der Waals surface area contributed by atoms with Gasteiger partial charge in [0.2, 0.25) is 0 Å². The van der Waals surface area contributed by atoms with Crippen LogP contribution in [0.4, 0.5) is 0 Å². The molecule has 5 nitrogen and oxygen atoms in total. The Bertz CT molecular complexity index is 785. The molecule has 2 heterocycles. The Morgan fingerprint density at radius 1 is 1.33 bits per heavy atom. The normalized spacial score (nSPS) is 10.3. The molecule has 21 heavy (non-hydrogen) atoms. The summed E-state index contributed by atoms with van der Waals surface area (Å²) in [5.74, 6) is 4.32. The lowest BCUT2D eigenvalue weighted by Gasteiger charge is -2.12. The molecule has 0 radical (unpaired) electrons. The second-order valence-electron chi connectivity index (χ2n) is 4.31. The Morgan fingerprint density at radius 2 is 2.24 bits per heavy atom. The lowest BCUT2D eigenvalue weighted by Crippen LogP contribution is -1.99. The average Bonchev–Trinajstić information content (AvgIpc) is 2.96. The van der Waals surface area contributed by atoms with Crippen molar-refractivity contribution in [3.8, 4) is 35.2 Å². The van der Waals surface area contributed by atoms with Gasteiger partial charge in [-0.15, -0.1) is 6.42 Å². The summed E-state index contributed by atoms with van der Waals surface area (Å²) in [5, 5.41) is 0. The maximum absolute atomic E-state index is 5.62. The fourth-order valence-corrected chi connectivity index (χ4v) is 2.11. The second-order valence-corrected chi connectivity index (χ2v) is 4.31. The van der Waals surface area contributed by atoms with Crippen LogP contribution in [0.3, 0.4) is 0 Å². The molecule has 0 aliphatic rings. The number of terminal acetylenes is 1. The molecule has 0 saturated heterocycles. The van der Waals surface area contributed by atoms with E-state index in [1.807, 2.05) is 24.3 Å². The average molecular weight is 279 g/mol. The first kappa shape index (κ1) is 13.0. The molecule has 0 bridgehead atoms. The number of methoxy groups -OCH3 is 1. The molecule has 0 saturated carbocycles. The van der Waals surface area contributed by atoms with Crippen LogP contribution in [0, 0.1) is 12.3 Å². The molecular weight excluding hydrogens is 266 g/mol. The van der Waals surface area contributed by atoms with E-state index in [2.05, 4.69) is 20.9 Å². The molecule has 0 unspecified atom stereocenters. The van der Waals surface area contributed by atoms with Crippen LogP contribution < -0.4 is 9.47 Å². The van der Waals surface area contributed by atoms with Gasteiger partial charge in [-0.1, -0.05) is 12.0 Å². The maximum atomic E-state index is 5.62. The Balaban J connectivity index is 2.14. The van der Waals surface area contributed by atoms with Crippen LogP contribution in [-0.2, 0) is 0 Å². The number of nitrogens with zero attached hydrogens (tertiary/aromatic N) is 2. The van der Waals surface area contributed by atoms with Gasteiger partial charge in [-0.25, -0.2) is 4.98 Å².